The summed E-state index contributed by atoms with van der Waals surface area (Å²) in [5, 5.41) is 0.665. The SMILES string of the molecule is COCCN1C(=O)CCCC(N)C1c1cccc(Cl)c1. The fourth-order valence-corrected chi connectivity index (χ4v) is 2.95. The maximum Gasteiger partial charge on any atom is 0.223 e. The highest BCUT2D eigenvalue weighted by molar-refractivity contribution is 6.30. The molecular formula is C15H21ClN2O2. The summed E-state index contributed by atoms with van der Waals surface area (Å²) in [6, 6.07) is 7.40. The number of carbonyl (C=O) groups is 1. The Morgan fingerprint density at radius 2 is 2.30 bits per heavy atom. The molecule has 1 aliphatic heterocycles. The van der Waals surface area contributed by atoms with Gasteiger partial charge in [0.1, 0.15) is 0 Å². The number of hydrogen-bond donors (Lipinski definition) is 1. The van der Waals surface area contributed by atoms with Gasteiger partial charge in [-0.25, -0.2) is 0 Å². The predicted octanol–water partition coefficient (Wildman–Crippen LogP) is 2.37. The second kappa shape index (κ2) is 7.07. The molecule has 1 aromatic carbocycles. The lowest BCUT2D eigenvalue weighted by atomic mass is 9.96. The minimum Gasteiger partial charge on any atom is -0.383 e. The summed E-state index contributed by atoms with van der Waals surface area (Å²) in [6.07, 6.45) is 2.22. The Morgan fingerprint density at radius 3 is 3.00 bits per heavy atom. The summed E-state index contributed by atoms with van der Waals surface area (Å²) in [5.41, 5.74) is 7.30. The van der Waals surface area contributed by atoms with Crippen molar-refractivity contribution in [3.63, 3.8) is 0 Å². The monoisotopic (exact) mass is 296 g/mol. The van der Waals surface area contributed by atoms with Crippen molar-refractivity contribution in [1.82, 2.24) is 4.90 Å². The highest BCUT2D eigenvalue weighted by Crippen LogP contribution is 2.31. The van der Waals surface area contributed by atoms with Crippen molar-refractivity contribution < 1.29 is 9.53 Å². The summed E-state index contributed by atoms with van der Waals surface area (Å²) in [7, 11) is 1.64. The Kier molecular flexibility index (Phi) is 5.40. The summed E-state index contributed by atoms with van der Waals surface area (Å²) < 4.78 is 5.12. The number of nitrogens with zero attached hydrogens (tertiary/aromatic N) is 1. The smallest absolute Gasteiger partial charge is 0.223 e. The molecule has 1 saturated heterocycles. The van der Waals surface area contributed by atoms with E-state index in [1.165, 1.54) is 0 Å². The number of nitrogens with two attached hydrogens (primary N) is 1. The number of methoxy groups -OCH3 is 1. The third kappa shape index (κ3) is 3.51. The van der Waals surface area contributed by atoms with Crippen molar-refractivity contribution >= 4 is 17.5 Å². The zero-order chi connectivity index (χ0) is 14.5. The number of rotatable bonds is 4. The van der Waals surface area contributed by atoms with Crippen LogP contribution in [0, 0.1) is 0 Å². The first-order valence-electron chi connectivity index (χ1n) is 6.93. The molecule has 0 bridgehead atoms. The second-order valence-corrected chi connectivity index (χ2v) is 5.57. The Hall–Kier alpha value is -1.10. The average Bonchev–Trinajstić information content (AvgIpc) is 2.55. The van der Waals surface area contributed by atoms with Gasteiger partial charge < -0.3 is 15.4 Å². The van der Waals surface area contributed by atoms with Crippen molar-refractivity contribution in [3.8, 4) is 0 Å². The molecule has 2 N–H and O–H groups in total. The Balaban J connectivity index is 2.32. The number of carbonyl (C=O) groups excluding carboxylic acids is 1. The molecule has 1 heterocycles. The standard InChI is InChI=1S/C15H21ClN2O2/c1-20-9-8-18-14(19)7-3-6-13(17)15(18)11-4-2-5-12(16)10-11/h2,4-5,10,13,15H,3,6-9,17H2,1H3. The zero-order valence-electron chi connectivity index (χ0n) is 11.7. The van der Waals surface area contributed by atoms with Crippen LogP contribution in [-0.2, 0) is 9.53 Å². The quantitative estimate of drug-likeness (QED) is 0.928. The van der Waals surface area contributed by atoms with Crippen molar-refractivity contribution in [2.45, 2.75) is 31.3 Å². The van der Waals surface area contributed by atoms with Crippen molar-refractivity contribution in [2.24, 2.45) is 5.73 Å². The number of benzene rings is 1. The maximum absolute atomic E-state index is 12.3. The molecule has 5 heteroatoms. The maximum atomic E-state index is 12.3. The van der Waals surface area contributed by atoms with Crippen LogP contribution in [0.1, 0.15) is 30.9 Å². The van der Waals surface area contributed by atoms with Crippen LogP contribution >= 0.6 is 11.6 Å². The van der Waals surface area contributed by atoms with Crippen LogP contribution < -0.4 is 5.73 Å². The van der Waals surface area contributed by atoms with E-state index in [9.17, 15) is 4.79 Å². The topological polar surface area (TPSA) is 55.6 Å². The first-order valence-corrected chi connectivity index (χ1v) is 7.30. The minimum absolute atomic E-state index is 0.0724. The van der Waals surface area contributed by atoms with Gasteiger partial charge in [0.2, 0.25) is 5.91 Å². The number of halogens is 1. The lowest BCUT2D eigenvalue weighted by molar-refractivity contribution is -0.134. The van der Waals surface area contributed by atoms with Gasteiger partial charge in [-0.15, -0.1) is 0 Å². The molecule has 1 amide bonds. The second-order valence-electron chi connectivity index (χ2n) is 5.14. The van der Waals surface area contributed by atoms with Crippen LogP contribution in [0.2, 0.25) is 5.02 Å². The van der Waals surface area contributed by atoms with Gasteiger partial charge in [-0.3, -0.25) is 4.79 Å². The number of amides is 1. The van der Waals surface area contributed by atoms with Gasteiger partial charge in [0.15, 0.2) is 0 Å². The third-order valence-electron chi connectivity index (χ3n) is 3.72. The van der Waals surface area contributed by atoms with Gasteiger partial charge >= 0.3 is 0 Å². The molecule has 2 unspecified atom stereocenters. The van der Waals surface area contributed by atoms with Crippen LogP contribution in [0.3, 0.4) is 0 Å². The van der Waals surface area contributed by atoms with Crippen molar-refractivity contribution in [1.29, 1.82) is 0 Å². The zero-order valence-corrected chi connectivity index (χ0v) is 12.5. The molecular weight excluding hydrogens is 276 g/mol. The molecule has 0 saturated carbocycles. The molecule has 0 radical (unpaired) electrons. The van der Waals surface area contributed by atoms with Gasteiger partial charge in [-0.1, -0.05) is 23.7 Å². The molecule has 2 atom stereocenters. The van der Waals surface area contributed by atoms with E-state index >= 15 is 0 Å². The minimum atomic E-state index is -0.126. The van der Waals surface area contributed by atoms with Crippen LogP contribution in [0.25, 0.3) is 0 Å². The highest BCUT2D eigenvalue weighted by atomic mass is 35.5. The van der Waals surface area contributed by atoms with E-state index in [1.54, 1.807) is 7.11 Å². The molecule has 1 aliphatic rings. The number of ether oxygens (including phenoxy) is 1. The fraction of sp³-hybridized carbons (Fsp3) is 0.533. The third-order valence-corrected chi connectivity index (χ3v) is 3.95. The fourth-order valence-electron chi connectivity index (χ4n) is 2.75. The van der Waals surface area contributed by atoms with E-state index in [1.807, 2.05) is 29.2 Å². The van der Waals surface area contributed by atoms with Crippen molar-refractivity contribution in [3.05, 3.63) is 34.9 Å². The Bertz CT molecular complexity index is 467. The molecule has 110 valence electrons. The molecule has 0 spiro atoms. The average molecular weight is 297 g/mol. The first-order chi connectivity index (χ1) is 9.63. The molecule has 4 nitrogen and oxygen atoms in total. The first kappa shape index (κ1) is 15.3. The van der Waals surface area contributed by atoms with Gasteiger partial charge in [0.05, 0.1) is 12.6 Å². The summed E-state index contributed by atoms with van der Waals surface area (Å²) in [6.45, 7) is 1.07. The van der Waals surface area contributed by atoms with E-state index in [0.717, 1.165) is 18.4 Å². The van der Waals surface area contributed by atoms with E-state index < -0.39 is 0 Å². The van der Waals surface area contributed by atoms with Gasteiger partial charge in [0, 0.05) is 31.1 Å². The largest absolute Gasteiger partial charge is 0.383 e. The van der Waals surface area contributed by atoms with Gasteiger partial charge in [0.25, 0.3) is 0 Å². The van der Waals surface area contributed by atoms with Gasteiger partial charge in [-0.05, 0) is 30.5 Å². The summed E-state index contributed by atoms with van der Waals surface area (Å²) in [5.74, 6) is 0.139. The Labute approximate surface area is 124 Å². The summed E-state index contributed by atoms with van der Waals surface area (Å²) in [4.78, 5) is 14.2. The molecule has 2 rings (SSSR count). The lowest BCUT2D eigenvalue weighted by Gasteiger charge is -2.34. The van der Waals surface area contributed by atoms with Crippen LogP contribution in [0.5, 0.6) is 0 Å². The molecule has 1 aromatic rings. The van der Waals surface area contributed by atoms with Crippen LogP contribution in [0.15, 0.2) is 24.3 Å². The normalized spacial score (nSPS) is 23.8. The molecule has 0 aromatic heterocycles. The van der Waals surface area contributed by atoms with E-state index in [2.05, 4.69) is 0 Å². The van der Waals surface area contributed by atoms with Gasteiger partial charge in [-0.2, -0.15) is 0 Å². The number of hydrogen-bond acceptors (Lipinski definition) is 3. The molecule has 20 heavy (non-hydrogen) atoms. The predicted molar refractivity (Wildman–Crippen MR) is 79.6 cm³/mol. The van der Waals surface area contributed by atoms with Crippen molar-refractivity contribution in [2.75, 3.05) is 20.3 Å². The van der Waals surface area contributed by atoms with Crippen LogP contribution in [0.4, 0.5) is 0 Å². The van der Waals surface area contributed by atoms with Crippen LogP contribution in [-0.4, -0.2) is 37.1 Å². The number of likely N-dealkylation sites (tertiary alicyclic amines) is 1. The van der Waals surface area contributed by atoms with E-state index in [-0.39, 0.29) is 18.0 Å². The molecule has 1 fully saturated rings. The summed E-state index contributed by atoms with van der Waals surface area (Å²) >= 11 is 6.07. The lowest BCUT2D eigenvalue weighted by Crippen LogP contribution is -2.43. The Morgan fingerprint density at radius 1 is 1.50 bits per heavy atom. The molecule has 0 aliphatic carbocycles. The van der Waals surface area contributed by atoms with E-state index in [0.29, 0.717) is 24.6 Å². The highest BCUT2D eigenvalue weighted by Gasteiger charge is 2.32. The van der Waals surface area contributed by atoms with E-state index in [4.69, 9.17) is 22.1 Å².